The molecule has 102 valence electrons. The normalized spacial score (nSPS) is 11.1. The molecule has 5 nitrogen and oxygen atoms in total. The Balaban J connectivity index is 2.57. The van der Waals surface area contributed by atoms with Crippen molar-refractivity contribution in [2.24, 2.45) is 0 Å². The number of benzene rings is 2. The Kier molecular flexibility index (Phi) is 2.57. The number of ether oxygens (including phenoxy) is 1. The lowest BCUT2D eigenvalue weighted by atomic mass is 10.0. The van der Waals surface area contributed by atoms with Gasteiger partial charge in [0, 0.05) is 12.1 Å². The Morgan fingerprint density at radius 1 is 1.10 bits per heavy atom. The first-order valence-electron chi connectivity index (χ1n) is 5.98. The van der Waals surface area contributed by atoms with Crippen molar-refractivity contribution in [2.75, 3.05) is 7.11 Å². The minimum Gasteiger partial charge on any atom is -0.507 e. The van der Waals surface area contributed by atoms with E-state index in [-0.39, 0.29) is 33.3 Å². The van der Waals surface area contributed by atoms with Crippen molar-refractivity contribution in [1.29, 1.82) is 0 Å². The van der Waals surface area contributed by atoms with Crippen molar-refractivity contribution < 1.29 is 19.4 Å². The van der Waals surface area contributed by atoms with E-state index in [0.29, 0.717) is 16.9 Å². The lowest BCUT2D eigenvalue weighted by molar-refractivity contribution is 0.409. The van der Waals surface area contributed by atoms with Gasteiger partial charge in [0.1, 0.15) is 34.0 Å². The van der Waals surface area contributed by atoms with Gasteiger partial charge in [-0.2, -0.15) is 0 Å². The molecule has 0 atom stereocenters. The van der Waals surface area contributed by atoms with Crippen LogP contribution in [0, 0.1) is 6.92 Å². The molecule has 0 aliphatic rings. The molecule has 5 heteroatoms. The summed E-state index contributed by atoms with van der Waals surface area (Å²) in [5.41, 5.74) is -0.0778. The van der Waals surface area contributed by atoms with Crippen LogP contribution in [0.3, 0.4) is 0 Å². The van der Waals surface area contributed by atoms with Crippen molar-refractivity contribution in [3.8, 4) is 17.2 Å². The van der Waals surface area contributed by atoms with E-state index in [1.54, 1.807) is 19.1 Å². The summed E-state index contributed by atoms with van der Waals surface area (Å²) in [4.78, 5) is 12.0. The second-order valence-electron chi connectivity index (χ2n) is 4.56. The third-order valence-electron chi connectivity index (χ3n) is 3.22. The van der Waals surface area contributed by atoms with Gasteiger partial charge in [0.2, 0.25) is 0 Å². The molecule has 0 saturated carbocycles. The van der Waals surface area contributed by atoms with Gasteiger partial charge in [-0.25, -0.2) is 0 Å². The first kappa shape index (κ1) is 12.3. The average molecular weight is 272 g/mol. The molecule has 0 aliphatic heterocycles. The zero-order valence-electron chi connectivity index (χ0n) is 10.9. The van der Waals surface area contributed by atoms with Crippen molar-refractivity contribution in [2.45, 2.75) is 6.92 Å². The maximum Gasteiger partial charge on any atom is 0.196 e. The quantitative estimate of drug-likeness (QED) is 0.666. The van der Waals surface area contributed by atoms with Crippen LogP contribution in [0.2, 0.25) is 0 Å². The Morgan fingerprint density at radius 2 is 1.85 bits per heavy atom. The van der Waals surface area contributed by atoms with Crippen molar-refractivity contribution >= 4 is 21.7 Å². The molecule has 0 aliphatic carbocycles. The van der Waals surface area contributed by atoms with E-state index in [4.69, 9.17) is 9.15 Å². The Bertz CT molecular complexity index is 892. The van der Waals surface area contributed by atoms with Gasteiger partial charge in [-0.05, 0) is 24.4 Å². The summed E-state index contributed by atoms with van der Waals surface area (Å²) in [6.45, 7) is 1.66. The van der Waals surface area contributed by atoms with Crippen LogP contribution in [0.4, 0.5) is 0 Å². The Hall–Kier alpha value is -2.69. The first-order valence-corrected chi connectivity index (χ1v) is 5.98. The molecule has 0 radical (unpaired) electrons. The molecule has 2 aromatic carbocycles. The molecule has 0 spiro atoms. The highest BCUT2D eigenvalue weighted by atomic mass is 16.5. The number of rotatable bonds is 1. The minimum absolute atomic E-state index is 0.0589. The first-order chi connectivity index (χ1) is 9.51. The molecule has 0 amide bonds. The average Bonchev–Trinajstić information content (AvgIpc) is 2.36. The zero-order valence-corrected chi connectivity index (χ0v) is 10.9. The number of phenols is 2. The van der Waals surface area contributed by atoms with Crippen LogP contribution in [-0.4, -0.2) is 17.3 Å². The standard InChI is InChI=1S/C15H12O5/c1-7-3-10(16)14-12(20-7)5-8-4-9(19-2)6-11(17)13(8)15(14)18/h3-6,17-18H,1-2H3. The molecule has 1 heterocycles. The smallest absolute Gasteiger partial charge is 0.196 e. The molecule has 0 bridgehead atoms. The highest BCUT2D eigenvalue weighted by Gasteiger charge is 2.16. The van der Waals surface area contributed by atoms with Crippen LogP contribution in [0.25, 0.3) is 21.7 Å². The molecule has 3 rings (SSSR count). The molecule has 0 saturated heterocycles. The van der Waals surface area contributed by atoms with E-state index in [9.17, 15) is 15.0 Å². The number of aryl methyl sites for hydroxylation is 1. The molecular formula is C15H12O5. The lowest BCUT2D eigenvalue weighted by Crippen LogP contribution is -2.01. The largest absolute Gasteiger partial charge is 0.507 e. The number of methoxy groups -OCH3 is 1. The van der Waals surface area contributed by atoms with Gasteiger partial charge >= 0.3 is 0 Å². The van der Waals surface area contributed by atoms with Crippen LogP contribution in [0.15, 0.2) is 33.5 Å². The number of aromatic hydroxyl groups is 2. The molecule has 20 heavy (non-hydrogen) atoms. The van der Waals surface area contributed by atoms with E-state index >= 15 is 0 Å². The third kappa shape index (κ3) is 1.67. The van der Waals surface area contributed by atoms with Crippen molar-refractivity contribution in [3.63, 3.8) is 0 Å². The molecule has 0 unspecified atom stereocenters. The second kappa shape index (κ2) is 4.16. The summed E-state index contributed by atoms with van der Waals surface area (Å²) >= 11 is 0. The summed E-state index contributed by atoms with van der Waals surface area (Å²) < 4.78 is 10.5. The third-order valence-corrected chi connectivity index (χ3v) is 3.22. The van der Waals surface area contributed by atoms with Crippen molar-refractivity contribution in [1.82, 2.24) is 0 Å². The van der Waals surface area contributed by atoms with Gasteiger partial charge in [0.25, 0.3) is 0 Å². The van der Waals surface area contributed by atoms with E-state index in [1.165, 1.54) is 19.2 Å². The van der Waals surface area contributed by atoms with Crippen LogP contribution in [0.5, 0.6) is 17.2 Å². The fourth-order valence-corrected chi connectivity index (χ4v) is 2.35. The summed E-state index contributed by atoms with van der Waals surface area (Å²) in [5, 5.41) is 21.1. The zero-order chi connectivity index (χ0) is 14.4. The Morgan fingerprint density at radius 3 is 2.55 bits per heavy atom. The van der Waals surface area contributed by atoms with E-state index < -0.39 is 0 Å². The molecule has 2 N–H and O–H groups in total. The second-order valence-corrected chi connectivity index (χ2v) is 4.56. The molecular weight excluding hydrogens is 260 g/mol. The lowest BCUT2D eigenvalue weighted by Gasteiger charge is -2.09. The van der Waals surface area contributed by atoms with Crippen LogP contribution in [-0.2, 0) is 0 Å². The minimum atomic E-state index is -0.349. The van der Waals surface area contributed by atoms with E-state index in [2.05, 4.69) is 0 Å². The summed E-state index contributed by atoms with van der Waals surface area (Å²) in [6, 6.07) is 5.93. The molecule has 3 aromatic rings. The SMILES string of the molecule is COc1cc(O)c2c(O)c3c(=O)cc(C)oc3cc2c1. The van der Waals surface area contributed by atoms with E-state index in [1.807, 2.05) is 0 Å². The van der Waals surface area contributed by atoms with Crippen LogP contribution >= 0.6 is 0 Å². The topological polar surface area (TPSA) is 79.9 Å². The highest BCUT2D eigenvalue weighted by Crippen LogP contribution is 2.40. The number of hydrogen-bond acceptors (Lipinski definition) is 5. The predicted molar refractivity (Wildman–Crippen MR) is 74.6 cm³/mol. The highest BCUT2D eigenvalue weighted by molar-refractivity contribution is 6.06. The van der Waals surface area contributed by atoms with Crippen molar-refractivity contribution in [3.05, 3.63) is 40.2 Å². The van der Waals surface area contributed by atoms with Crippen LogP contribution in [0.1, 0.15) is 5.76 Å². The van der Waals surface area contributed by atoms with Gasteiger partial charge in [0.05, 0.1) is 12.5 Å². The van der Waals surface area contributed by atoms with E-state index in [0.717, 1.165) is 0 Å². The molecule has 0 fully saturated rings. The summed E-state index contributed by atoms with van der Waals surface area (Å²) in [5.74, 6) is 0.460. The molecule has 1 aromatic heterocycles. The number of hydrogen-bond donors (Lipinski definition) is 2. The van der Waals surface area contributed by atoms with Gasteiger partial charge in [-0.15, -0.1) is 0 Å². The maximum absolute atomic E-state index is 12.0. The summed E-state index contributed by atoms with van der Waals surface area (Å²) in [7, 11) is 1.48. The Labute approximate surface area is 113 Å². The van der Waals surface area contributed by atoms with Gasteiger partial charge in [-0.1, -0.05) is 0 Å². The maximum atomic E-state index is 12.0. The predicted octanol–water partition coefficient (Wildman–Crippen LogP) is 2.67. The van der Waals surface area contributed by atoms with Gasteiger partial charge < -0.3 is 19.4 Å². The fourth-order valence-electron chi connectivity index (χ4n) is 2.35. The van der Waals surface area contributed by atoms with Crippen LogP contribution < -0.4 is 10.2 Å². The van der Waals surface area contributed by atoms with Gasteiger partial charge in [-0.3, -0.25) is 4.79 Å². The van der Waals surface area contributed by atoms with Gasteiger partial charge in [0.15, 0.2) is 5.43 Å². The number of phenolic OH excluding ortho intramolecular Hbond substituents is 2. The monoisotopic (exact) mass is 272 g/mol. The fraction of sp³-hybridized carbons (Fsp3) is 0.133. The number of fused-ring (bicyclic) bond motifs is 2. The summed E-state index contributed by atoms with van der Waals surface area (Å²) in [6.07, 6.45) is 0.